The molecule has 0 fully saturated rings. The van der Waals surface area contributed by atoms with Crippen LogP contribution in [0.15, 0.2) is 29.3 Å². The fourth-order valence-corrected chi connectivity index (χ4v) is 1.59. The second-order valence-corrected chi connectivity index (χ2v) is 4.64. The Hall–Kier alpha value is -2.22. The number of nitrogens with one attached hydrogen (secondary N) is 3. The van der Waals surface area contributed by atoms with E-state index in [1.807, 2.05) is 31.2 Å². The smallest absolute Gasteiger partial charge is 0.345 e. The lowest BCUT2D eigenvalue weighted by atomic mass is 10.1. The lowest BCUT2D eigenvalue weighted by molar-refractivity contribution is 0.245. The highest BCUT2D eigenvalue weighted by Crippen LogP contribution is 2.02. The zero-order valence-electron chi connectivity index (χ0n) is 12.1. The number of nitrogens with zero attached hydrogens (tertiary/aromatic N) is 1. The van der Waals surface area contributed by atoms with E-state index in [0.29, 0.717) is 6.54 Å². The summed E-state index contributed by atoms with van der Waals surface area (Å²) in [4.78, 5) is 26.5. The van der Waals surface area contributed by atoms with E-state index in [2.05, 4.69) is 20.3 Å². The second kappa shape index (κ2) is 8.85. The van der Waals surface area contributed by atoms with Gasteiger partial charge in [-0.05, 0) is 12.5 Å². The van der Waals surface area contributed by atoms with E-state index in [1.165, 1.54) is 7.11 Å². The Kier molecular flexibility index (Phi) is 7.10. The highest BCUT2D eigenvalue weighted by atomic mass is 32.2. The van der Waals surface area contributed by atoms with Crippen molar-refractivity contribution in [2.45, 2.75) is 13.5 Å². The van der Waals surface area contributed by atoms with E-state index < -0.39 is 12.1 Å². The molecule has 1 aromatic carbocycles. The molecule has 0 radical (unpaired) electrons. The van der Waals surface area contributed by atoms with Gasteiger partial charge in [0.05, 0.1) is 7.11 Å². The zero-order chi connectivity index (χ0) is 15.7. The first kappa shape index (κ1) is 16.8. The fraction of sp³-hybridized carbons (Fsp3) is 0.308. The van der Waals surface area contributed by atoms with Gasteiger partial charge in [-0.3, -0.25) is 10.0 Å². The molecule has 0 aliphatic heterocycles. The first-order valence-electron chi connectivity index (χ1n) is 6.11. The summed E-state index contributed by atoms with van der Waals surface area (Å²) >= 11 is 1.12. The van der Waals surface area contributed by atoms with Gasteiger partial charge in [-0.2, -0.15) is 0 Å². The third-order valence-electron chi connectivity index (χ3n) is 2.38. The van der Waals surface area contributed by atoms with Crippen molar-refractivity contribution in [2.24, 2.45) is 4.99 Å². The Morgan fingerprint density at radius 3 is 2.52 bits per heavy atom. The number of aliphatic imine (C=N–C) groups is 1. The molecule has 3 N–H and O–H groups in total. The molecule has 0 heterocycles. The number of ether oxygens (including phenoxy) is 1. The van der Waals surface area contributed by atoms with Crippen LogP contribution < -0.4 is 15.4 Å². The van der Waals surface area contributed by atoms with Gasteiger partial charge in [0.1, 0.15) is 0 Å². The Labute approximate surface area is 127 Å². The predicted molar refractivity (Wildman–Crippen MR) is 83.0 cm³/mol. The number of aryl methyl sites for hydroxylation is 1. The second-order valence-electron chi connectivity index (χ2n) is 4.03. The summed E-state index contributed by atoms with van der Waals surface area (Å²) in [6.45, 7) is 2.33. The van der Waals surface area contributed by atoms with Crippen molar-refractivity contribution in [2.75, 3.05) is 13.4 Å². The molecule has 4 amide bonds. The largest absolute Gasteiger partial charge is 0.468 e. The molecule has 0 unspecified atom stereocenters. The average molecular weight is 310 g/mol. The number of carbonyl (C=O) groups excluding carboxylic acids is 2. The van der Waals surface area contributed by atoms with Crippen molar-refractivity contribution in [1.29, 1.82) is 0 Å². The Morgan fingerprint density at radius 2 is 1.95 bits per heavy atom. The van der Waals surface area contributed by atoms with Gasteiger partial charge in [-0.25, -0.2) is 9.59 Å². The molecule has 1 rings (SSSR count). The van der Waals surface area contributed by atoms with Crippen LogP contribution >= 0.6 is 11.9 Å². The summed E-state index contributed by atoms with van der Waals surface area (Å²) in [5.41, 5.74) is 2.10. The lowest BCUT2D eigenvalue weighted by Gasteiger charge is -2.07. The molecular weight excluding hydrogens is 292 g/mol. The van der Waals surface area contributed by atoms with Crippen LogP contribution in [0.25, 0.3) is 0 Å². The Morgan fingerprint density at radius 1 is 1.29 bits per heavy atom. The maximum atomic E-state index is 11.6. The predicted octanol–water partition coefficient (Wildman–Crippen LogP) is 1.78. The van der Waals surface area contributed by atoms with E-state index in [-0.39, 0.29) is 6.02 Å². The molecule has 114 valence electrons. The molecule has 0 aromatic heterocycles. The number of amidine groups is 1. The Balaban J connectivity index is 2.51. The van der Waals surface area contributed by atoms with Crippen LogP contribution in [0, 0.1) is 6.92 Å². The molecule has 0 saturated heterocycles. The fourth-order valence-electron chi connectivity index (χ4n) is 1.36. The third-order valence-corrected chi connectivity index (χ3v) is 2.77. The van der Waals surface area contributed by atoms with Gasteiger partial charge in [0.15, 0.2) is 0 Å². The van der Waals surface area contributed by atoms with Crippen molar-refractivity contribution in [3.05, 3.63) is 35.4 Å². The standard InChI is InChI=1S/C13H18N4O3S/c1-9-4-6-10(7-5-9)8-14-11(18)15-13(20-2)16-12(19)17-21-3/h4-7H,8H2,1-3H3,(H3,14,15,16,17,18,19). The maximum Gasteiger partial charge on any atom is 0.345 e. The van der Waals surface area contributed by atoms with Crippen LogP contribution in [0.1, 0.15) is 11.1 Å². The molecule has 1 aromatic rings. The van der Waals surface area contributed by atoms with Gasteiger partial charge in [-0.1, -0.05) is 41.8 Å². The lowest BCUT2D eigenvalue weighted by Crippen LogP contribution is -2.38. The van der Waals surface area contributed by atoms with E-state index in [1.54, 1.807) is 6.26 Å². The van der Waals surface area contributed by atoms with Gasteiger partial charge in [0.2, 0.25) is 0 Å². The first-order chi connectivity index (χ1) is 10.0. The van der Waals surface area contributed by atoms with Crippen molar-refractivity contribution >= 4 is 30.0 Å². The summed E-state index contributed by atoms with van der Waals surface area (Å²) in [5, 5.41) is 4.91. The molecule has 0 bridgehead atoms. The molecule has 7 nitrogen and oxygen atoms in total. The number of carbonyl (C=O) groups is 2. The van der Waals surface area contributed by atoms with Gasteiger partial charge in [-0.15, -0.1) is 4.99 Å². The molecule has 21 heavy (non-hydrogen) atoms. The minimum Gasteiger partial charge on any atom is -0.468 e. The van der Waals surface area contributed by atoms with Crippen molar-refractivity contribution < 1.29 is 14.3 Å². The van der Waals surface area contributed by atoms with Crippen LogP contribution in [0.4, 0.5) is 9.59 Å². The monoisotopic (exact) mass is 310 g/mol. The van der Waals surface area contributed by atoms with Crippen LogP contribution in [0.3, 0.4) is 0 Å². The van der Waals surface area contributed by atoms with Gasteiger partial charge >= 0.3 is 18.1 Å². The SMILES string of the molecule is COC(=NC(=O)NCc1ccc(C)cc1)NC(=O)NSC. The normalized spacial score (nSPS) is 10.7. The zero-order valence-corrected chi connectivity index (χ0v) is 12.9. The van der Waals surface area contributed by atoms with Gasteiger partial charge in [0, 0.05) is 12.8 Å². The van der Waals surface area contributed by atoms with Crippen LogP contribution in [-0.2, 0) is 11.3 Å². The topological polar surface area (TPSA) is 91.8 Å². The van der Waals surface area contributed by atoms with Crippen molar-refractivity contribution in [3.63, 3.8) is 0 Å². The highest BCUT2D eigenvalue weighted by molar-refractivity contribution is 7.97. The minimum absolute atomic E-state index is 0.178. The molecule has 0 spiro atoms. The molecule has 8 heteroatoms. The summed E-state index contributed by atoms with van der Waals surface area (Å²) in [6.07, 6.45) is 1.69. The van der Waals surface area contributed by atoms with Crippen LogP contribution in [0.2, 0.25) is 0 Å². The summed E-state index contributed by atoms with van der Waals surface area (Å²) < 4.78 is 7.23. The van der Waals surface area contributed by atoms with Crippen LogP contribution in [-0.4, -0.2) is 31.4 Å². The third kappa shape index (κ3) is 6.66. The Bertz CT molecular complexity index is 517. The number of hydrogen-bond donors (Lipinski definition) is 3. The van der Waals surface area contributed by atoms with E-state index in [4.69, 9.17) is 4.74 Å². The molecule has 0 saturated carbocycles. The molecule has 0 aliphatic rings. The number of methoxy groups -OCH3 is 1. The molecule has 0 atom stereocenters. The van der Waals surface area contributed by atoms with E-state index >= 15 is 0 Å². The quantitative estimate of drug-likeness (QED) is 0.451. The van der Waals surface area contributed by atoms with Crippen molar-refractivity contribution in [3.8, 4) is 0 Å². The highest BCUT2D eigenvalue weighted by Gasteiger charge is 2.07. The van der Waals surface area contributed by atoms with Gasteiger partial charge < -0.3 is 10.1 Å². The molecular formula is C13H18N4O3S. The molecule has 0 aliphatic carbocycles. The van der Waals surface area contributed by atoms with E-state index in [9.17, 15) is 9.59 Å². The van der Waals surface area contributed by atoms with E-state index in [0.717, 1.165) is 23.1 Å². The first-order valence-corrected chi connectivity index (χ1v) is 7.33. The van der Waals surface area contributed by atoms with Crippen molar-refractivity contribution in [1.82, 2.24) is 15.4 Å². The average Bonchev–Trinajstić information content (AvgIpc) is 2.46. The summed E-state index contributed by atoms with van der Waals surface area (Å²) in [7, 11) is 1.31. The number of amides is 4. The summed E-state index contributed by atoms with van der Waals surface area (Å²) in [5.74, 6) is 0. The van der Waals surface area contributed by atoms with Gasteiger partial charge in [0.25, 0.3) is 0 Å². The van der Waals surface area contributed by atoms with Crippen LogP contribution in [0.5, 0.6) is 0 Å². The maximum absolute atomic E-state index is 11.6. The summed E-state index contributed by atoms with van der Waals surface area (Å²) in [6, 6.07) is 6.45. The minimum atomic E-state index is -0.600. The number of hydrogen-bond acceptors (Lipinski definition) is 4. The number of rotatable bonds is 3. The number of benzene rings is 1. The number of urea groups is 2.